The highest BCUT2D eigenvalue weighted by Gasteiger charge is 2.25. The second-order valence-corrected chi connectivity index (χ2v) is 8.93. The zero-order valence-electron chi connectivity index (χ0n) is 19.9. The van der Waals surface area contributed by atoms with Gasteiger partial charge < -0.3 is 19.5 Å². The molecule has 0 unspecified atom stereocenters. The number of nitrogens with zero attached hydrogens (tertiary/aromatic N) is 3. The topological polar surface area (TPSA) is 59.4 Å². The van der Waals surface area contributed by atoms with Crippen molar-refractivity contribution >= 4 is 22.9 Å². The maximum Gasteiger partial charge on any atom is 0.251 e. The molecule has 1 N–H and O–H groups in total. The second kappa shape index (κ2) is 11.3. The van der Waals surface area contributed by atoms with Gasteiger partial charge in [0.2, 0.25) is 5.95 Å². The average Bonchev–Trinajstić information content (AvgIpc) is 3.22. The fourth-order valence-electron chi connectivity index (χ4n) is 4.60. The van der Waals surface area contributed by atoms with E-state index in [0.717, 1.165) is 61.4 Å². The third-order valence-corrected chi connectivity index (χ3v) is 6.55. The monoisotopic (exact) mass is 448 g/mol. The molecule has 4 rings (SSSR count). The Morgan fingerprint density at radius 1 is 1.09 bits per heavy atom. The Bertz CT molecular complexity index is 1040. The molecule has 0 saturated carbocycles. The van der Waals surface area contributed by atoms with Crippen molar-refractivity contribution < 1.29 is 9.53 Å². The normalized spacial score (nSPS) is 14.7. The summed E-state index contributed by atoms with van der Waals surface area (Å²) in [4.78, 5) is 20.0. The molecule has 0 aliphatic carbocycles. The summed E-state index contributed by atoms with van der Waals surface area (Å²) in [6, 6.07) is 16.6. The van der Waals surface area contributed by atoms with E-state index in [4.69, 9.17) is 9.72 Å². The van der Waals surface area contributed by atoms with Crippen LogP contribution in [0.4, 0.5) is 5.95 Å². The van der Waals surface area contributed by atoms with Gasteiger partial charge in [0.25, 0.3) is 5.91 Å². The summed E-state index contributed by atoms with van der Waals surface area (Å²) < 4.78 is 7.58. The van der Waals surface area contributed by atoms with E-state index in [2.05, 4.69) is 52.0 Å². The molecule has 176 valence electrons. The number of benzene rings is 2. The van der Waals surface area contributed by atoms with Crippen LogP contribution >= 0.6 is 0 Å². The van der Waals surface area contributed by atoms with E-state index >= 15 is 0 Å². The van der Waals surface area contributed by atoms with Gasteiger partial charge in [-0.05, 0) is 55.5 Å². The molecule has 6 nitrogen and oxygen atoms in total. The number of ether oxygens (including phenoxy) is 1. The van der Waals surface area contributed by atoms with Crippen LogP contribution in [-0.2, 0) is 17.7 Å². The van der Waals surface area contributed by atoms with Crippen molar-refractivity contribution in [3.8, 4) is 0 Å². The molecule has 0 spiro atoms. The van der Waals surface area contributed by atoms with E-state index in [9.17, 15) is 4.79 Å². The first-order valence-corrected chi connectivity index (χ1v) is 12.3. The Hall–Kier alpha value is -2.86. The van der Waals surface area contributed by atoms with Crippen molar-refractivity contribution in [3.63, 3.8) is 0 Å². The van der Waals surface area contributed by atoms with Gasteiger partial charge in [-0.25, -0.2) is 4.98 Å². The van der Waals surface area contributed by atoms with E-state index in [1.54, 1.807) is 7.11 Å². The number of nitrogens with one attached hydrogen (secondary N) is 1. The van der Waals surface area contributed by atoms with Crippen molar-refractivity contribution in [3.05, 3.63) is 59.7 Å². The molecule has 2 aromatic carbocycles. The number of anilines is 1. The van der Waals surface area contributed by atoms with E-state index in [1.165, 1.54) is 24.8 Å². The molecule has 0 radical (unpaired) electrons. The maximum absolute atomic E-state index is 12.8. The largest absolute Gasteiger partial charge is 0.383 e. The lowest BCUT2D eigenvalue weighted by molar-refractivity contribution is 0.0931. The van der Waals surface area contributed by atoms with Gasteiger partial charge in [-0.1, -0.05) is 44.0 Å². The molecule has 3 aromatic rings. The molecule has 6 heteroatoms. The van der Waals surface area contributed by atoms with Gasteiger partial charge >= 0.3 is 0 Å². The zero-order chi connectivity index (χ0) is 23.0. The minimum absolute atomic E-state index is 0.0286. The molecule has 0 bridgehead atoms. The number of amides is 1. The van der Waals surface area contributed by atoms with Crippen LogP contribution in [0.5, 0.6) is 0 Å². The highest BCUT2D eigenvalue weighted by molar-refractivity contribution is 5.94. The SMILES string of the molecule is CCCCCc1ccc(C(=O)NC2CCN(c3nc4ccccc4n3CCOC)CC2)cc1. The molecule has 1 amide bonds. The summed E-state index contributed by atoms with van der Waals surface area (Å²) in [6.45, 7) is 5.39. The number of carbonyl (C=O) groups excluding carboxylic acids is 1. The number of aromatic nitrogens is 2. The fourth-order valence-corrected chi connectivity index (χ4v) is 4.60. The highest BCUT2D eigenvalue weighted by atomic mass is 16.5. The Balaban J connectivity index is 1.34. The smallest absolute Gasteiger partial charge is 0.251 e. The van der Waals surface area contributed by atoms with E-state index in [0.29, 0.717) is 6.61 Å². The lowest BCUT2D eigenvalue weighted by Gasteiger charge is -2.33. The summed E-state index contributed by atoms with van der Waals surface area (Å²) in [7, 11) is 1.73. The van der Waals surface area contributed by atoms with Gasteiger partial charge in [-0.3, -0.25) is 4.79 Å². The quantitative estimate of drug-likeness (QED) is 0.452. The van der Waals surface area contributed by atoms with Crippen LogP contribution in [0.2, 0.25) is 0 Å². The average molecular weight is 449 g/mol. The number of fused-ring (bicyclic) bond motifs is 1. The number of methoxy groups -OCH3 is 1. The molecule has 1 aliphatic heterocycles. The van der Waals surface area contributed by atoms with Crippen molar-refractivity contribution in [1.82, 2.24) is 14.9 Å². The molecule has 1 aliphatic rings. The zero-order valence-corrected chi connectivity index (χ0v) is 19.9. The van der Waals surface area contributed by atoms with Crippen LogP contribution in [0, 0.1) is 0 Å². The summed E-state index contributed by atoms with van der Waals surface area (Å²) >= 11 is 0. The molecule has 1 aromatic heterocycles. The summed E-state index contributed by atoms with van der Waals surface area (Å²) in [5.74, 6) is 1.03. The van der Waals surface area contributed by atoms with Crippen LogP contribution in [0.25, 0.3) is 11.0 Å². The van der Waals surface area contributed by atoms with Gasteiger partial charge in [0.1, 0.15) is 0 Å². The number of piperidine rings is 1. The third-order valence-electron chi connectivity index (χ3n) is 6.55. The van der Waals surface area contributed by atoms with Gasteiger partial charge in [0.15, 0.2) is 0 Å². The fraction of sp³-hybridized carbons (Fsp3) is 0.481. The molecule has 1 fully saturated rings. The number of imidazole rings is 1. The number of hydrogen-bond donors (Lipinski definition) is 1. The van der Waals surface area contributed by atoms with E-state index in [1.807, 2.05) is 18.2 Å². The van der Waals surface area contributed by atoms with Gasteiger partial charge in [0.05, 0.1) is 17.6 Å². The minimum atomic E-state index is 0.0286. The van der Waals surface area contributed by atoms with E-state index in [-0.39, 0.29) is 11.9 Å². The van der Waals surface area contributed by atoms with Gasteiger partial charge in [-0.2, -0.15) is 0 Å². The van der Waals surface area contributed by atoms with Crippen molar-refractivity contribution in [2.24, 2.45) is 0 Å². The lowest BCUT2D eigenvalue weighted by atomic mass is 10.0. The predicted octanol–water partition coefficient (Wildman–Crippen LogP) is 4.81. The Morgan fingerprint density at radius 2 is 1.85 bits per heavy atom. The number of carbonyl (C=O) groups is 1. The van der Waals surface area contributed by atoms with Crippen molar-refractivity contribution in [2.75, 3.05) is 31.7 Å². The highest BCUT2D eigenvalue weighted by Crippen LogP contribution is 2.25. The number of hydrogen-bond acceptors (Lipinski definition) is 4. The van der Waals surface area contributed by atoms with Crippen molar-refractivity contribution in [2.45, 2.75) is 58.0 Å². The van der Waals surface area contributed by atoms with Crippen LogP contribution in [0.15, 0.2) is 48.5 Å². The van der Waals surface area contributed by atoms with Crippen LogP contribution < -0.4 is 10.2 Å². The first-order valence-electron chi connectivity index (χ1n) is 12.3. The van der Waals surface area contributed by atoms with Gasteiger partial charge in [-0.15, -0.1) is 0 Å². The van der Waals surface area contributed by atoms with Gasteiger partial charge in [0, 0.05) is 38.3 Å². The van der Waals surface area contributed by atoms with Crippen LogP contribution in [-0.4, -0.2) is 48.3 Å². The summed E-state index contributed by atoms with van der Waals surface area (Å²) in [5.41, 5.74) is 4.21. The summed E-state index contributed by atoms with van der Waals surface area (Å²) in [6.07, 6.45) is 6.60. The molecule has 33 heavy (non-hydrogen) atoms. The number of aryl methyl sites for hydroxylation is 1. The Morgan fingerprint density at radius 3 is 2.58 bits per heavy atom. The lowest BCUT2D eigenvalue weighted by Crippen LogP contribution is -2.45. The Labute approximate surface area is 196 Å². The molecule has 2 heterocycles. The second-order valence-electron chi connectivity index (χ2n) is 8.93. The maximum atomic E-state index is 12.8. The van der Waals surface area contributed by atoms with E-state index < -0.39 is 0 Å². The standard InChI is InChI=1S/C27H36N4O2/c1-3-4-5-8-21-11-13-22(14-12-21)26(32)28-23-15-17-30(18-16-23)27-29-24-9-6-7-10-25(24)31(27)19-20-33-2/h6-7,9-14,23H,3-5,8,15-20H2,1-2H3,(H,28,32). The Kier molecular flexibility index (Phi) is 8.00. The molecular weight excluding hydrogens is 412 g/mol. The predicted molar refractivity (Wildman–Crippen MR) is 134 cm³/mol. The first kappa shape index (κ1) is 23.3. The molecule has 1 saturated heterocycles. The molecular formula is C27H36N4O2. The molecule has 0 atom stereocenters. The first-order chi connectivity index (χ1) is 16.2. The number of unbranched alkanes of at least 4 members (excludes halogenated alkanes) is 2. The number of para-hydroxylation sites is 2. The van der Waals surface area contributed by atoms with Crippen molar-refractivity contribution in [1.29, 1.82) is 0 Å². The van der Waals surface area contributed by atoms with Crippen LogP contribution in [0.3, 0.4) is 0 Å². The summed E-state index contributed by atoms with van der Waals surface area (Å²) in [5, 5.41) is 3.24. The third kappa shape index (κ3) is 5.74. The minimum Gasteiger partial charge on any atom is -0.383 e. The van der Waals surface area contributed by atoms with Crippen LogP contribution in [0.1, 0.15) is 54.9 Å². The number of rotatable bonds is 10.